The smallest absolute Gasteiger partial charge is 0.268 e. The molecule has 0 aromatic carbocycles. The molecule has 0 spiro atoms. The van der Waals surface area contributed by atoms with Crippen LogP contribution in [0.3, 0.4) is 0 Å². The molecule has 15 heavy (non-hydrogen) atoms. The van der Waals surface area contributed by atoms with Gasteiger partial charge in [0.05, 0.1) is 0 Å². The van der Waals surface area contributed by atoms with Gasteiger partial charge in [0.1, 0.15) is 0 Å². The molecule has 0 radical (unpaired) electrons. The quantitative estimate of drug-likeness (QED) is 0.553. The fourth-order valence-corrected chi connectivity index (χ4v) is 3.65. The predicted molar refractivity (Wildman–Crippen MR) is 66.8 cm³/mol. The van der Waals surface area contributed by atoms with E-state index < -0.39 is 7.59 Å². The highest BCUT2D eigenvalue weighted by atomic mass is 35.5. The summed E-state index contributed by atoms with van der Waals surface area (Å²) in [5.41, 5.74) is 0. The van der Waals surface area contributed by atoms with E-state index in [1.54, 1.807) is 4.67 Å². The van der Waals surface area contributed by atoms with E-state index in [9.17, 15) is 4.57 Å². The molecular formula is C8H20Cl2N3OP. The number of halogens is 2. The first kappa shape index (κ1) is 15.7. The molecule has 0 aromatic heterocycles. The van der Waals surface area contributed by atoms with Crippen LogP contribution >= 0.6 is 31.1 Å². The SMILES string of the molecule is CC(C)CN(CC(C)C)P(=O)(NCl)NCl. The lowest BCUT2D eigenvalue weighted by Crippen LogP contribution is -2.34. The van der Waals surface area contributed by atoms with Crippen molar-refractivity contribution in [2.75, 3.05) is 13.1 Å². The maximum Gasteiger partial charge on any atom is 0.309 e. The second kappa shape index (κ2) is 7.10. The molecule has 0 atom stereocenters. The van der Waals surface area contributed by atoms with Gasteiger partial charge in [-0.25, -0.2) is 4.67 Å². The maximum atomic E-state index is 12.2. The molecule has 0 aliphatic heterocycles. The van der Waals surface area contributed by atoms with E-state index in [4.69, 9.17) is 23.6 Å². The molecule has 7 heteroatoms. The zero-order valence-corrected chi connectivity index (χ0v) is 12.0. The highest BCUT2D eigenvalue weighted by Crippen LogP contribution is 2.43. The van der Waals surface area contributed by atoms with Crippen molar-refractivity contribution in [1.82, 2.24) is 13.9 Å². The first-order valence-electron chi connectivity index (χ1n) is 4.97. The van der Waals surface area contributed by atoms with Crippen molar-refractivity contribution >= 4 is 31.1 Å². The summed E-state index contributed by atoms with van der Waals surface area (Å²) in [6.45, 7) is 9.57. The molecule has 0 aliphatic carbocycles. The van der Waals surface area contributed by atoms with Crippen LogP contribution in [0.4, 0.5) is 0 Å². The lowest BCUT2D eigenvalue weighted by atomic mass is 10.2. The molecule has 0 saturated carbocycles. The third-order valence-electron chi connectivity index (χ3n) is 1.78. The minimum Gasteiger partial charge on any atom is -0.268 e. The summed E-state index contributed by atoms with van der Waals surface area (Å²) in [6, 6.07) is 0. The molecule has 0 amide bonds. The molecule has 0 heterocycles. The van der Waals surface area contributed by atoms with Crippen molar-refractivity contribution in [1.29, 1.82) is 0 Å². The standard InChI is InChI=1S/C8H20Cl2N3OP/c1-7(2)5-13(6-8(3)4)15(14,11-9)12-10/h7-8H,5-6H2,1-4H3,(H2,11,12,14). The van der Waals surface area contributed by atoms with Crippen LogP contribution in [0.25, 0.3) is 0 Å². The van der Waals surface area contributed by atoms with Crippen molar-refractivity contribution in [2.45, 2.75) is 27.7 Å². The van der Waals surface area contributed by atoms with Gasteiger partial charge in [0.25, 0.3) is 0 Å². The van der Waals surface area contributed by atoms with Gasteiger partial charge in [0.15, 0.2) is 0 Å². The van der Waals surface area contributed by atoms with E-state index in [1.165, 1.54) is 0 Å². The van der Waals surface area contributed by atoms with Gasteiger partial charge in [-0.05, 0) is 35.4 Å². The second-order valence-electron chi connectivity index (χ2n) is 4.40. The van der Waals surface area contributed by atoms with Crippen molar-refractivity contribution in [3.05, 3.63) is 0 Å². The highest BCUT2D eigenvalue weighted by molar-refractivity contribution is 7.59. The Morgan fingerprint density at radius 3 is 1.60 bits per heavy atom. The van der Waals surface area contributed by atoms with Gasteiger partial charge in [0, 0.05) is 13.1 Å². The van der Waals surface area contributed by atoms with E-state index in [1.807, 2.05) is 0 Å². The van der Waals surface area contributed by atoms with E-state index >= 15 is 0 Å². The fourth-order valence-electron chi connectivity index (χ4n) is 1.27. The van der Waals surface area contributed by atoms with Crippen molar-refractivity contribution < 1.29 is 4.57 Å². The van der Waals surface area contributed by atoms with Gasteiger partial charge >= 0.3 is 7.59 Å². The Bertz CT molecular complexity index is 208. The Labute approximate surface area is 102 Å². The fraction of sp³-hybridized carbons (Fsp3) is 1.00. The molecule has 0 aliphatic rings. The van der Waals surface area contributed by atoms with Crippen LogP contribution in [0, 0.1) is 11.8 Å². The van der Waals surface area contributed by atoms with Crippen LogP contribution in [0.2, 0.25) is 0 Å². The van der Waals surface area contributed by atoms with Crippen molar-refractivity contribution in [3.63, 3.8) is 0 Å². The zero-order valence-electron chi connectivity index (χ0n) is 9.63. The lowest BCUT2D eigenvalue weighted by molar-refractivity contribution is 0.328. The van der Waals surface area contributed by atoms with Crippen molar-refractivity contribution in [2.24, 2.45) is 11.8 Å². The largest absolute Gasteiger partial charge is 0.309 e. The van der Waals surface area contributed by atoms with Gasteiger partial charge in [-0.2, -0.15) is 9.21 Å². The Morgan fingerprint density at radius 2 is 1.40 bits per heavy atom. The Hall–Kier alpha value is 0.690. The minimum atomic E-state index is -3.03. The van der Waals surface area contributed by atoms with Gasteiger partial charge in [0.2, 0.25) is 0 Å². The molecular weight excluding hydrogens is 256 g/mol. The van der Waals surface area contributed by atoms with Gasteiger partial charge in [-0.15, -0.1) is 0 Å². The average molecular weight is 276 g/mol. The van der Waals surface area contributed by atoms with Gasteiger partial charge in [-0.3, -0.25) is 4.57 Å². The summed E-state index contributed by atoms with van der Waals surface area (Å²) in [5, 5.41) is 0. The number of nitrogens with zero attached hydrogens (tertiary/aromatic N) is 1. The normalized spacial score (nSPS) is 13.1. The molecule has 0 aromatic rings. The maximum absolute atomic E-state index is 12.2. The predicted octanol–water partition coefficient (Wildman–Crippen LogP) is 3.20. The summed E-state index contributed by atoms with van der Waals surface area (Å²) >= 11 is 10.9. The first-order valence-corrected chi connectivity index (χ1v) is 7.38. The highest BCUT2D eigenvalue weighted by Gasteiger charge is 2.30. The summed E-state index contributed by atoms with van der Waals surface area (Å²) in [4.78, 5) is 0. The van der Waals surface area contributed by atoms with E-state index in [0.717, 1.165) is 0 Å². The minimum absolute atomic E-state index is 0.395. The Morgan fingerprint density at radius 1 is 1.07 bits per heavy atom. The molecule has 0 saturated heterocycles. The van der Waals surface area contributed by atoms with Crippen LogP contribution in [0.15, 0.2) is 0 Å². The average Bonchev–Trinajstić information content (AvgIpc) is 2.14. The molecule has 0 fully saturated rings. The second-order valence-corrected chi connectivity index (χ2v) is 7.47. The van der Waals surface area contributed by atoms with Gasteiger partial charge in [-0.1, -0.05) is 27.7 Å². The molecule has 0 unspecified atom stereocenters. The summed E-state index contributed by atoms with van der Waals surface area (Å²) in [5.74, 6) is 0.791. The lowest BCUT2D eigenvalue weighted by Gasteiger charge is -2.31. The first-order chi connectivity index (χ1) is 6.85. The van der Waals surface area contributed by atoms with Crippen LogP contribution in [-0.2, 0) is 4.57 Å². The van der Waals surface area contributed by atoms with Crippen molar-refractivity contribution in [3.8, 4) is 0 Å². The number of nitrogens with one attached hydrogen (secondary N) is 2. The van der Waals surface area contributed by atoms with Crippen LogP contribution in [0.1, 0.15) is 27.7 Å². The molecule has 92 valence electrons. The molecule has 4 nitrogen and oxygen atoms in total. The van der Waals surface area contributed by atoms with E-state index in [0.29, 0.717) is 24.9 Å². The monoisotopic (exact) mass is 275 g/mol. The molecule has 0 rings (SSSR count). The van der Waals surface area contributed by atoms with Gasteiger partial charge < -0.3 is 0 Å². The summed E-state index contributed by atoms with van der Waals surface area (Å²) < 4.78 is 18.4. The topological polar surface area (TPSA) is 44.4 Å². The number of rotatable bonds is 7. The van der Waals surface area contributed by atoms with E-state index in [-0.39, 0.29) is 0 Å². The Kier molecular flexibility index (Phi) is 7.43. The van der Waals surface area contributed by atoms with Crippen LogP contribution in [-0.4, -0.2) is 17.8 Å². The van der Waals surface area contributed by atoms with Crippen LogP contribution < -0.4 is 9.21 Å². The third kappa shape index (κ3) is 5.53. The zero-order chi connectivity index (χ0) is 12.1. The third-order valence-corrected chi connectivity index (χ3v) is 4.74. The number of hydrogen-bond acceptors (Lipinski definition) is 1. The molecule has 2 N–H and O–H groups in total. The molecule has 0 bridgehead atoms. The Balaban J connectivity index is 4.66. The number of hydrogen-bond donors (Lipinski definition) is 2. The summed E-state index contributed by atoms with van der Waals surface area (Å²) in [7, 11) is -3.03. The summed E-state index contributed by atoms with van der Waals surface area (Å²) in [6.07, 6.45) is 0. The van der Waals surface area contributed by atoms with Crippen LogP contribution in [0.5, 0.6) is 0 Å². The van der Waals surface area contributed by atoms with E-state index in [2.05, 4.69) is 36.9 Å².